The van der Waals surface area contributed by atoms with Crippen LogP contribution in [0, 0.1) is 0 Å². The molecule has 0 radical (unpaired) electrons. The molecule has 7 nitrogen and oxygen atoms in total. The molecule has 0 aliphatic carbocycles. The van der Waals surface area contributed by atoms with Crippen molar-refractivity contribution in [2.75, 3.05) is 53.7 Å². The van der Waals surface area contributed by atoms with E-state index in [9.17, 15) is 4.79 Å². The van der Waals surface area contributed by atoms with E-state index >= 15 is 0 Å². The normalized spacial score (nSPS) is 10.8. The summed E-state index contributed by atoms with van der Waals surface area (Å²) in [6.07, 6.45) is 3.05. The van der Waals surface area contributed by atoms with Gasteiger partial charge in [-0.15, -0.1) is 24.0 Å². The summed E-state index contributed by atoms with van der Waals surface area (Å²) in [4.78, 5) is 15.5. The summed E-state index contributed by atoms with van der Waals surface area (Å²) >= 11 is 0. The van der Waals surface area contributed by atoms with Gasteiger partial charge in [0.25, 0.3) is 0 Å². The van der Waals surface area contributed by atoms with Gasteiger partial charge < -0.3 is 24.8 Å². The summed E-state index contributed by atoms with van der Waals surface area (Å²) in [6.45, 7) is 6.28. The number of guanidine groups is 1. The van der Waals surface area contributed by atoms with E-state index in [2.05, 4.69) is 20.4 Å². The highest BCUT2D eigenvalue weighted by Crippen LogP contribution is 1.95. The van der Waals surface area contributed by atoms with E-state index in [1.165, 1.54) is 7.11 Å². The second-order valence-corrected chi connectivity index (χ2v) is 4.68. The van der Waals surface area contributed by atoms with Gasteiger partial charge in [0.2, 0.25) is 0 Å². The number of rotatable bonds is 13. The second kappa shape index (κ2) is 19.4. The number of hydrogen-bond donors (Lipinski definition) is 2. The summed E-state index contributed by atoms with van der Waals surface area (Å²) in [6, 6.07) is 0. The maximum Gasteiger partial charge on any atom is 0.305 e. The number of methoxy groups -OCH3 is 2. The standard InChI is InChI=1S/C15H31N3O4.HI/c1-4-16-15(17-9-6-5-8-14(19)21-3)18-10-7-11-22-13-12-20-2;/h4-13H2,1-3H3,(H2,16,17,18);1H. The van der Waals surface area contributed by atoms with Crippen LogP contribution >= 0.6 is 24.0 Å². The Balaban J connectivity index is 0. The number of carbonyl (C=O) groups is 1. The molecule has 0 saturated heterocycles. The van der Waals surface area contributed by atoms with Crippen molar-refractivity contribution >= 4 is 35.9 Å². The third kappa shape index (κ3) is 17.6. The zero-order valence-electron chi connectivity index (χ0n) is 14.6. The van der Waals surface area contributed by atoms with Gasteiger partial charge in [-0.1, -0.05) is 0 Å². The van der Waals surface area contributed by atoms with Crippen LogP contribution < -0.4 is 10.6 Å². The molecular weight excluding hydrogens is 413 g/mol. The van der Waals surface area contributed by atoms with Gasteiger partial charge in [0.05, 0.1) is 20.3 Å². The Labute approximate surface area is 156 Å². The maximum absolute atomic E-state index is 11.0. The fraction of sp³-hybridized carbons (Fsp3) is 0.867. The molecule has 0 aromatic carbocycles. The van der Waals surface area contributed by atoms with Crippen LogP contribution in [-0.4, -0.2) is 65.6 Å². The zero-order chi connectivity index (χ0) is 16.5. The average Bonchev–Trinajstić information content (AvgIpc) is 2.53. The number of ether oxygens (including phenoxy) is 3. The minimum absolute atomic E-state index is 0. The number of unbranched alkanes of at least 4 members (excludes halogenated alkanes) is 1. The van der Waals surface area contributed by atoms with Crippen LogP contribution in [-0.2, 0) is 19.0 Å². The molecule has 0 aliphatic rings. The van der Waals surface area contributed by atoms with Gasteiger partial charge in [-0.25, -0.2) is 0 Å². The topological polar surface area (TPSA) is 81.2 Å². The quantitative estimate of drug-likeness (QED) is 0.147. The summed E-state index contributed by atoms with van der Waals surface area (Å²) in [7, 11) is 3.07. The third-order valence-corrected chi connectivity index (χ3v) is 2.82. The third-order valence-electron chi connectivity index (χ3n) is 2.82. The Kier molecular flexibility index (Phi) is 20.8. The fourth-order valence-electron chi connectivity index (χ4n) is 1.65. The molecule has 0 saturated carbocycles. The van der Waals surface area contributed by atoms with Gasteiger partial charge in [0.15, 0.2) is 5.96 Å². The van der Waals surface area contributed by atoms with Gasteiger partial charge in [-0.2, -0.15) is 0 Å². The van der Waals surface area contributed by atoms with Crippen LogP contribution in [0.15, 0.2) is 4.99 Å². The Morgan fingerprint density at radius 1 is 1.04 bits per heavy atom. The molecule has 138 valence electrons. The first-order chi connectivity index (χ1) is 10.7. The van der Waals surface area contributed by atoms with E-state index in [-0.39, 0.29) is 29.9 Å². The SMILES string of the molecule is CCNC(=NCCCOCCOC)NCCCCC(=O)OC.I. The molecule has 0 unspecified atom stereocenters. The molecule has 0 spiro atoms. The molecule has 0 rings (SSSR count). The molecule has 2 N–H and O–H groups in total. The summed E-state index contributed by atoms with van der Waals surface area (Å²) < 4.78 is 14.9. The molecule has 0 aliphatic heterocycles. The predicted molar refractivity (Wildman–Crippen MR) is 103 cm³/mol. The molecule has 0 amide bonds. The Hall–Kier alpha value is -0.610. The lowest BCUT2D eigenvalue weighted by atomic mass is 10.2. The van der Waals surface area contributed by atoms with E-state index in [0.29, 0.717) is 32.8 Å². The minimum atomic E-state index is -0.158. The highest BCUT2D eigenvalue weighted by Gasteiger charge is 2.00. The molecule has 8 heteroatoms. The predicted octanol–water partition coefficient (Wildman–Crippen LogP) is 1.56. The van der Waals surface area contributed by atoms with Gasteiger partial charge in [0, 0.05) is 39.8 Å². The van der Waals surface area contributed by atoms with Crippen molar-refractivity contribution in [3.05, 3.63) is 0 Å². The second-order valence-electron chi connectivity index (χ2n) is 4.68. The van der Waals surface area contributed by atoms with Crippen LogP contribution in [0.1, 0.15) is 32.6 Å². The van der Waals surface area contributed by atoms with Crippen molar-refractivity contribution in [2.24, 2.45) is 4.99 Å². The van der Waals surface area contributed by atoms with Crippen LogP contribution in [0.25, 0.3) is 0 Å². The molecule has 0 aromatic rings. The zero-order valence-corrected chi connectivity index (χ0v) is 16.9. The number of nitrogens with zero attached hydrogens (tertiary/aromatic N) is 1. The molecular formula is C15H32IN3O4. The molecule has 0 heterocycles. The lowest BCUT2D eigenvalue weighted by molar-refractivity contribution is -0.140. The first kappa shape index (κ1) is 24.6. The number of esters is 1. The average molecular weight is 445 g/mol. The maximum atomic E-state index is 11.0. The number of halogens is 1. The number of nitrogens with one attached hydrogen (secondary N) is 2. The highest BCUT2D eigenvalue weighted by molar-refractivity contribution is 14.0. The van der Waals surface area contributed by atoms with Crippen LogP contribution in [0.2, 0.25) is 0 Å². The van der Waals surface area contributed by atoms with Crippen LogP contribution in [0.4, 0.5) is 0 Å². The van der Waals surface area contributed by atoms with Crippen molar-refractivity contribution < 1.29 is 19.0 Å². The number of carbonyl (C=O) groups excluding carboxylic acids is 1. The summed E-state index contributed by atoms with van der Waals surface area (Å²) in [5, 5.41) is 6.44. The van der Waals surface area contributed by atoms with Crippen molar-refractivity contribution in [3.8, 4) is 0 Å². The molecule has 0 atom stereocenters. The number of hydrogen-bond acceptors (Lipinski definition) is 5. The van der Waals surface area contributed by atoms with Crippen LogP contribution in [0.3, 0.4) is 0 Å². The molecule has 0 fully saturated rings. The van der Waals surface area contributed by atoms with Crippen molar-refractivity contribution in [3.63, 3.8) is 0 Å². The largest absolute Gasteiger partial charge is 0.469 e. The van der Waals surface area contributed by atoms with Gasteiger partial charge in [-0.05, 0) is 26.2 Å². The van der Waals surface area contributed by atoms with Crippen molar-refractivity contribution in [1.82, 2.24) is 10.6 Å². The molecule has 0 bridgehead atoms. The fourth-order valence-corrected chi connectivity index (χ4v) is 1.65. The summed E-state index contributed by atoms with van der Waals surface area (Å²) in [5.41, 5.74) is 0. The van der Waals surface area contributed by atoms with Crippen LogP contribution in [0.5, 0.6) is 0 Å². The Morgan fingerprint density at radius 3 is 2.48 bits per heavy atom. The Morgan fingerprint density at radius 2 is 1.83 bits per heavy atom. The lowest BCUT2D eigenvalue weighted by Crippen LogP contribution is -2.38. The van der Waals surface area contributed by atoms with Crippen molar-refractivity contribution in [2.45, 2.75) is 32.6 Å². The van der Waals surface area contributed by atoms with E-state index in [1.54, 1.807) is 7.11 Å². The summed E-state index contributed by atoms with van der Waals surface area (Å²) in [5.74, 6) is 0.645. The minimum Gasteiger partial charge on any atom is -0.469 e. The highest BCUT2D eigenvalue weighted by atomic mass is 127. The monoisotopic (exact) mass is 445 g/mol. The number of aliphatic imine (C=N–C) groups is 1. The van der Waals surface area contributed by atoms with E-state index in [4.69, 9.17) is 9.47 Å². The van der Waals surface area contributed by atoms with E-state index < -0.39 is 0 Å². The Bertz CT molecular complexity index is 304. The van der Waals surface area contributed by atoms with Gasteiger partial charge in [0.1, 0.15) is 0 Å². The first-order valence-electron chi connectivity index (χ1n) is 7.90. The van der Waals surface area contributed by atoms with Gasteiger partial charge in [-0.3, -0.25) is 9.79 Å². The van der Waals surface area contributed by atoms with Crippen molar-refractivity contribution in [1.29, 1.82) is 0 Å². The smallest absolute Gasteiger partial charge is 0.305 e. The van der Waals surface area contributed by atoms with E-state index in [1.807, 2.05) is 6.92 Å². The molecule has 0 aromatic heterocycles. The lowest BCUT2D eigenvalue weighted by Gasteiger charge is -2.11. The van der Waals surface area contributed by atoms with Gasteiger partial charge >= 0.3 is 5.97 Å². The first-order valence-corrected chi connectivity index (χ1v) is 7.90. The molecule has 23 heavy (non-hydrogen) atoms. The van der Waals surface area contributed by atoms with E-state index in [0.717, 1.165) is 38.3 Å².